The molecule has 1 fully saturated rings. The molecule has 0 aliphatic carbocycles. The summed E-state index contributed by atoms with van der Waals surface area (Å²) in [5, 5.41) is 0. The average Bonchev–Trinajstić information content (AvgIpc) is 2.13. The molecule has 1 heterocycles. The van der Waals surface area contributed by atoms with Crippen LogP contribution in [0.4, 0.5) is 0 Å². The first-order valence-electron chi connectivity index (χ1n) is 6.58. The second-order valence-corrected chi connectivity index (χ2v) is 5.79. The Hall–Kier alpha value is -0.860. The summed E-state index contributed by atoms with van der Waals surface area (Å²) in [7, 11) is 0. The van der Waals surface area contributed by atoms with Crippen LogP contribution >= 0.6 is 0 Å². The molecule has 2 heteroatoms. The van der Waals surface area contributed by atoms with Crippen LogP contribution in [0, 0.1) is 19.8 Å². The highest BCUT2D eigenvalue weighted by Gasteiger charge is 2.21. The zero-order chi connectivity index (χ0) is 12.4. The van der Waals surface area contributed by atoms with E-state index in [2.05, 4.69) is 43.9 Å². The minimum absolute atomic E-state index is 0.352. The lowest BCUT2D eigenvalue weighted by atomic mass is 9.96. The van der Waals surface area contributed by atoms with Gasteiger partial charge in [-0.05, 0) is 31.7 Å². The Morgan fingerprint density at radius 1 is 1.18 bits per heavy atom. The largest absolute Gasteiger partial charge is 0.327 e. The predicted molar refractivity (Wildman–Crippen MR) is 72.9 cm³/mol. The molecule has 2 atom stereocenters. The van der Waals surface area contributed by atoms with Gasteiger partial charge in [-0.3, -0.25) is 4.90 Å². The van der Waals surface area contributed by atoms with Gasteiger partial charge in [0.2, 0.25) is 0 Å². The fourth-order valence-electron chi connectivity index (χ4n) is 3.06. The van der Waals surface area contributed by atoms with Crippen LogP contribution in [0.25, 0.3) is 0 Å². The molecular weight excluding hydrogens is 208 g/mol. The lowest BCUT2D eigenvalue weighted by molar-refractivity contribution is 0.158. The lowest BCUT2D eigenvalue weighted by Crippen LogP contribution is -2.45. The van der Waals surface area contributed by atoms with E-state index in [4.69, 9.17) is 5.73 Å². The molecule has 1 saturated heterocycles. The minimum Gasteiger partial charge on any atom is -0.327 e. The van der Waals surface area contributed by atoms with E-state index in [1.165, 1.54) is 29.7 Å². The zero-order valence-corrected chi connectivity index (χ0v) is 11.2. The van der Waals surface area contributed by atoms with E-state index in [9.17, 15) is 0 Å². The zero-order valence-electron chi connectivity index (χ0n) is 11.2. The first-order chi connectivity index (χ1) is 8.02. The van der Waals surface area contributed by atoms with Crippen molar-refractivity contribution in [3.63, 3.8) is 0 Å². The topological polar surface area (TPSA) is 29.3 Å². The van der Waals surface area contributed by atoms with E-state index in [0.717, 1.165) is 19.0 Å². The van der Waals surface area contributed by atoms with E-state index in [0.29, 0.717) is 6.04 Å². The van der Waals surface area contributed by atoms with Gasteiger partial charge < -0.3 is 5.73 Å². The number of nitrogens with two attached hydrogens (primary N) is 1. The Morgan fingerprint density at radius 3 is 2.41 bits per heavy atom. The van der Waals surface area contributed by atoms with Gasteiger partial charge >= 0.3 is 0 Å². The Balaban J connectivity index is 2.04. The van der Waals surface area contributed by atoms with Crippen molar-refractivity contribution in [1.82, 2.24) is 4.90 Å². The highest BCUT2D eigenvalue weighted by atomic mass is 15.1. The number of likely N-dealkylation sites (tertiary alicyclic amines) is 1. The summed E-state index contributed by atoms with van der Waals surface area (Å²) in [6.45, 7) is 9.90. The quantitative estimate of drug-likeness (QED) is 0.849. The summed E-state index contributed by atoms with van der Waals surface area (Å²) >= 11 is 0. The van der Waals surface area contributed by atoms with Crippen LogP contribution in [0.5, 0.6) is 0 Å². The molecular formula is C15H24N2. The van der Waals surface area contributed by atoms with Crippen LogP contribution in [0.15, 0.2) is 18.2 Å². The third kappa shape index (κ3) is 3.55. The number of nitrogens with zero attached hydrogens (tertiary/aromatic N) is 1. The summed E-state index contributed by atoms with van der Waals surface area (Å²) < 4.78 is 0. The van der Waals surface area contributed by atoms with E-state index in [-0.39, 0.29) is 0 Å². The number of hydrogen-bond acceptors (Lipinski definition) is 2. The third-order valence-electron chi connectivity index (χ3n) is 3.46. The minimum atomic E-state index is 0.352. The van der Waals surface area contributed by atoms with Gasteiger partial charge in [0, 0.05) is 25.7 Å². The molecule has 2 N–H and O–H groups in total. The highest BCUT2D eigenvalue weighted by molar-refractivity contribution is 5.28. The van der Waals surface area contributed by atoms with Crippen molar-refractivity contribution in [2.24, 2.45) is 11.7 Å². The number of hydrogen-bond donors (Lipinski definition) is 1. The van der Waals surface area contributed by atoms with Crippen molar-refractivity contribution in [1.29, 1.82) is 0 Å². The molecule has 2 unspecified atom stereocenters. The van der Waals surface area contributed by atoms with Crippen molar-refractivity contribution in [3.05, 3.63) is 34.9 Å². The Labute approximate surface area is 105 Å². The first kappa shape index (κ1) is 12.6. The van der Waals surface area contributed by atoms with Crippen LogP contribution in [0.3, 0.4) is 0 Å². The molecule has 1 aromatic rings. The molecule has 2 nitrogen and oxygen atoms in total. The summed E-state index contributed by atoms with van der Waals surface area (Å²) in [4.78, 5) is 2.49. The van der Waals surface area contributed by atoms with Crippen LogP contribution in [-0.4, -0.2) is 24.0 Å². The first-order valence-corrected chi connectivity index (χ1v) is 6.58. The summed E-state index contributed by atoms with van der Waals surface area (Å²) in [6.07, 6.45) is 1.17. The third-order valence-corrected chi connectivity index (χ3v) is 3.46. The summed E-state index contributed by atoms with van der Waals surface area (Å²) in [5.74, 6) is 0.727. The monoisotopic (exact) mass is 232 g/mol. The number of aryl methyl sites for hydroxylation is 2. The number of rotatable bonds is 2. The second-order valence-electron chi connectivity index (χ2n) is 5.79. The Kier molecular flexibility index (Phi) is 3.85. The van der Waals surface area contributed by atoms with Crippen molar-refractivity contribution in [2.45, 2.75) is 39.8 Å². The van der Waals surface area contributed by atoms with Crippen molar-refractivity contribution in [3.8, 4) is 0 Å². The molecule has 0 saturated carbocycles. The van der Waals surface area contributed by atoms with Crippen LogP contribution in [0.1, 0.15) is 30.0 Å². The van der Waals surface area contributed by atoms with Crippen molar-refractivity contribution in [2.75, 3.05) is 13.1 Å². The summed E-state index contributed by atoms with van der Waals surface area (Å²) in [6, 6.07) is 7.16. The maximum Gasteiger partial charge on any atom is 0.0234 e. The van der Waals surface area contributed by atoms with Crippen LogP contribution in [0.2, 0.25) is 0 Å². The van der Waals surface area contributed by atoms with E-state index in [1.54, 1.807) is 0 Å². The lowest BCUT2D eigenvalue weighted by Gasteiger charge is -2.34. The van der Waals surface area contributed by atoms with Gasteiger partial charge in [-0.15, -0.1) is 0 Å². The predicted octanol–water partition coefficient (Wildman–Crippen LogP) is 2.47. The van der Waals surface area contributed by atoms with Crippen molar-refractivity contribution >= 4 is 0 Å². The number of piperidine rings is 1. The molecule has 94 valence electrons. The Bertz CT molecular complexity index is 356. The molecule has 0 radical (unpaired) electrons. The van der Waals surface area contributed by atoms with E-state index < -0.39 is 0 Å². The van der Waals surface area contributed by atoms with Gasteiger partial charge in [0.25, 0.3) is 0 Å². The van der Waals surface area contributed by atoms with Gasteiger partial charge in [-0.25, -0.2) is 0 Å². The van der Waals surface area contributed by atoms with Gasteiger partial charge in [0.1, 0.15) is 0 Å². The molecule has 1 aromatic carbocycles. The molecule has 0 aromatic heterocycles. The fourth-order valence-corrected chi connectivity index (χ4v) is 3.06. The summed E-state index contributed by atoms with van der Waals surface area (Å²) in [5.41, 5.74) is 10.2. The maximum absolute atomic E-state index is 6.09. The molecule has 0 spiro atoms. The van der Waals surface area contributed by atoms with E-state index in [1.807, 2.05) is 0 Å². The van der Waals surface area contributed by atoms with Gasteiger partial charge in [-0.2, -0.15) is 0 Å². The molecule has 1 aliphatic rings. The Morgan fingerprint density at radius 2 is 1.82 bits per heavy atom. The van der Waals surface area contributed by atoms with Gasteiger partial charge in [-0.1, -0.05) is 36.2 Å². The maximum atomic E-state index is 6.09. The molecule has 0 amide bonds. The fraction of sp³-hybridized carbons (Fsp3) is 0.600. The van der Waals surface area contributed by atoms with Crippen LogP contribution in [-0.2, 0) is 6.54 Å². The smallest absolute Gasteiger partial charge is 0.0234 e. The number of benzene rings is 1. The highest BCUT2D eigenvalue weighted by Crippen LogP contribution is 2.18. The molecule has 17 heavy (non-hydrogen) atoms. The molecule has 0 bridgehead atoms. The molecule has 1 aliphatic heterocycles. The van der Waals surface area contributed by atoms with Crippen LogP contribution < -0.4 is 5.73 Å². The molecule has 2 rings (SSSR count). The van der Waals surface area contributed by atoms with Gasteiger partial charge in [0.05, 0.1) is 0 Å². The second kappa shape index (κ2) is 5.19. The van der Waals surface area contributed by atoms with Crippen molar-refractivity contribution < 1.29 is 0 Å². The van der Waals surface area contributed by atoms with E-state index >= 15 is 0 Å². The van der Waals surface area contributed by atoms with Gasteiger partial charge in [0.15, 0.2) is 0 Å². The SMILES string of the molecule is Cc1cc(C)cc(CN2CC(C)CC(N)C2)c1. The normalized spacial score (nSPS) is 26.1. The average molecular weight is 232 g/mol. The standard InChI is InChI=1S/C15H24N2/c1-11-4-12(2)6-14(5-11)9-17-8-13(3)7-15(16)10-17/h4-6,13,15H,7-10,16H2,1-3H3.